The zero-order chi connectivity index (χ0) is 19.1. The van der Waals surface area contributed by atoms with Crippen molar-refractivity contribution < 1.29 is 14.5 Å². The zero-order valence-electron chi connectivity index (χ0n) is 14.9. The number of rotatable bonds is 8. The third kappa shape index (κ3) is 4.24. The van der Waals surface area contributed by atoms with Crippen molar-refractivity contribution in [3.8, 4) is 0 Å². The van der Waals surface area contributed by atoms with Crippen LogP contribution in [0.4, 0.5) is 23.0 Å². The SMILES string of the molecule is CCOC(=O)c1cccc(Nc2ncnc(N(CC)CC)c2[N+](=O)[O-])c1. The van der Waals surface area contributed by atoms with Crippen molar-refractivity contribution in [3.63, 3.8) is 0 Å². The van der Waals surface area contributed by atoms with Crippen LogP contribution in [-0.2, 0) is 4.74 Å². The summed E-state index contributed by atoms with van der Waals surface area (Å²) in [4.78, 5) is 32.8. The molecule has 0 aliphatic rings. The van der Waals surface area contributed by atoms with Gasteiger partial charge >= 0.3 is 11.7 Å². The van der Waals surface area contributed by atoms with E-state index in [1.165, 1.54) is 6.33 Å². The first kappa shape index (κ1) is 19.1. The summed E-state index contributed by atoms with van der Waals surface area (Å²) in [7, 11) is 0. The second-order valence-electron chi connectivity index (χ2n) is 5.25. The van der Waals surface area contributed by atoms with Gasteiger partial charge in [-0.15, -0.1) is 0 Å². The molecule has 0 atom stereocenters. The molecule has 0 saturated heterocycles. The van der Waals surface area contributed by atoms with E-state index in [1.54, 1.807) is 36.1 Å². The topological polar surface area (TPSA) is 110 Å². The first-order valence-corrected chi connectivity index (χ1v) is 8.30. The maximum Gasteiger partial charge on any atom is 0.353 e. The Bertz CT molecular complexity index is 792. The van der Waals surface area contributed by atoms with E-state index in [-0.39, 0.29) is 23.9 Å². The van der Waals surface area contributed by atoms with Gasteiger partial charge in [-0.1, -0.05) is 6.07 Å². The fraction of sp³-hybridized carbons (Fsp3) is 0.353. The van der Waals surface area contributed by atoms with E-state index in [4.69, 9.17) is 4.74 Å². The summed E-state index contributed by atoms with van der Waals surface area (Å²) in [6, 6.07) is 6.51. The fourth-order valence-electron chi connectivity index (χ4n) is 2.46. The van der Waals surface area contributed by atoms with Crippen LogP contribution in [0, 0.1) is 10.1 Å². The van der Waals surface area contributed by atoms with E-state index in [2.05, 4.69) is 15.3 Å². The number of carbonyl (C=O) groups is 1. The number of hydrogen-bond acceptors (Lipinski definition) is 8. The average molecular weight is 359 g/mol. The summed E-state index contributed by atoms with van der Waals surface area (Å²) in [6.45, 7) is 6.93. The van der Waals surface area contributed by atoms with E-state index in [1.807, 2.05) is 13.8 Å². The molecular weight excluding hydrogens is 338 g/mol. The number of nitrogens with one attached hydrogen (secondary N) is 1. The second kappa shape index (κ2) is 8.75. The first-order valence-electron chi connectivity index (χ1n) is 8.30. The predicted molar refractivity (Wildman–Crippen MR) is 97.9 cm³/mol. The van der Waals surface area contributed by atoms with Crippen LogP contribution in [0.15, 0.2) is 30.6 Å². The molecule has 1 N–H and O–H groups in total. The minimum atomic E-state index is -0.509. The maximum atomic E-state index is 11.9. The predicted octanol–water partition coefficient (Wildman–Crippen LogP) is 3.15. The van der Waals surface area contributed by atoms with Crippen molar-refractivity contribution in [1.29, 1.82) is 0 Å². The number of ether oxygens (including phenoxy) is 1. The van der Waals surface area contributed by atoms with Gasteiger partial charge in [0.25, 0.3) is 0 Å². The number of aromatic nitrogens is 2. The molecule has 138 valence electrons. The van der Waals surface area contributed by atoms with Crippen LogP contribution in [0.2, 0.25) is 0 Å². The normalized spacial score (nSPS) is 10.3. The van der Waals surface area contributed by atoms with Crippen molar-refractivity contribution >= 4 is 29.0 Å². The molecule has 0 unspecified atom stereocenters. The van der Waals surface area contributed by atoms with Crippen molar-refractivity contribution in [2.24, 2.45) is 0 Å². The average Bonchev–Trinajstić information content (AvgIpc) is 2.63. The third-order valence-electron chi connectivity index (χ3n) is 3.68. The number of nitrogens with zero attached hydrogens (tertiary/aromatic N) is 4. The van der Waals surface area contributed by atoms with Gasteiger partial charge in [-0.2, -0.15) is 0 Å². The molecule has 0 bridgehead atoms. The van der Waals surface area contributed by atoms with Crippen LogP contribution in [0.3, 0.4) is 0 Å². The molecule has 0 spiro atoms. The number of nitro groups is 1. The maximum absolute atomic E-state index is 11.9. The standard InChI is InChI=1S/C17H21N5O4/c1-4-21(5-2)16-14(22(24)25)15(18-11-19-16)20-13-9-7-8-12(10-13)17(23)26-6-3/h7-11H,4-6H2,1-3H3,(H,18,19,20). The van der Waals surface area contributed by atoms with Gasteiger partial charge in [0, 0.05) is 18.8 Å². The molecule has 0 saturated carbocycles. The minimum absolute atomic E-state index is 0.0629. The molecule has 0 radical (unpaired) electrons. The van der Waals surface area contributed by atoms with Crippen LogP contribution < -0.4 is 10.2 Å². The summed E-state index contributed by atoms with van der Waals surface area (Å²) >= 11 is 0. The lowest BCUT2D eigenvalue weighted by Crippen LogP contribution is -2.24. The Kier molecular flexibility index (Phi) is 6.42. The van der Waals surface area contributed by atoms with Gasteiger partial charge in [-0.05, 0) is 39.0 Å². The highest BCUT2D eigenvalue weighted by molar-refractivity contribution is 5.91. The monoisotopic (exact) mass is 359 g/mol. The number of carbonyl (C=O) groups excluding carboxylic acids is 1. The summed E-state index contributed by atoms with van der Waals surface area (Å²) in [5.74, 6) is -0.149. The largest absolute Gasteiger partial charge is 0.462 e. The fourth-order valence-corrected chi connectivity index (χ4v) is 2.46. The van der Waals surface area contributed by atoms with E-state index in [9.17, 15) is 14.9 Å². The summed E-state index contributed by atoms with van der Waals surface area (Å²) in [5, 5.41) is 14.5. The smallest absolute Gasteiger partial charge is 0.353 e. The molecule has 26 heavy (non-hydrogen) atoms. The Morgan fingerprint density at radius 3 is 2.62 bits per heavy atom. The lowest BCUT2D eigenvalue weighted by atomic mass is 10.2. The molecule has 0 amide bonds. The van der Waals surface area contributed by atoms with Crippen LogP contribution in [0.1, 0.15) is 31.1 Å². The van der Waals surface area contributed by atoms with Crippen molar-refractivity contribution in [2.75, 3.05) is 29.9 Å². The molecule has 0 aliphatic heterocycles. The zero-order valence-corrected chi connectivity index (χ0v) is 14.9. The molecule has 1 heterocycles. The highest BCUT2D eigenvalue weighted by atomic mass is 16.6. The van der Waals surface area contributed by atoms with Crippen molar-refractivity contribution in [2.45, 2.75) is 20.8 Å². The van der Waals surface area contributed by atoms with E-state index < -0.39 is 10.9 Å². The number of hydrogen-bond donors (Lipinski definition) is 1. The molecule has 9 nitrogen and oxygen atoms in total. The minimum Gasteiger partial charge on any atom is -0.462 e. The van der Waals surface area contributed by atoms with Crippen LogP contribution >= 0.6 is 0 Å². The molecule has 1 aromatic heterocycles. The molecule has 9 heteroatoms. The number of benzene rings is 1. The molecule has 2 rings (SSSR count). The van der Waals surface area contributed by atoms with Crippen molar-refractivity contribution in [3.05, 3.63) is 46.3 Å². The Morgan fingerprint density at radius 1 is 1.27 bits per heavy atom. The van der Waals surface area contributed by atoms with Crippen LogP contribution in [0.25, 0.3) is 0 Å². The highest BCUT2D eigenvalue weighted by Crippen LogP contribution is 2.33. The molecule has 0 aliphatic carbocycles. The van der Waals surface area contributed by atoms with Gasteiger partial charge in [0.2, 0.25) is 11.6 Å². The third-order valence-corrected chi connectivity index (χ3v) is 3.68. The Hall–Kier alpha value is -3.23. The van der Waals surface area contributed by atoms with Crippen LogP contribution in [0.5, 0.6) is 0 Å². The quantitative estimate of drug-likeness (QED) is 0.435. The van der Waals surface area contributed by atoms with E-state index in [0.29, 0.717) is 24.3 Å². The Balaban J connectivity index is 2.41. The van der Waals surface area contributed by atoms with Gasteiger partial charge in [0.1, 0.15) is 6.33 Å². The van der Waals surface area contributed by atoms with Gasteiger partial charge in [-0.3, -0.25) is 10.1 Å². The van der Waals surface area contributed by atoms with Gasteiger partial charge < -0.3 is 15.0 Å². The summed E-state index contributed by atoms with van der Waals surface area (Å²) in [6.07, 6.45) is 1.28. The summed E-state index contributed by atoms with van der Waals surface area (Å²) < 4.78 is 4.97. The van der Waals surface area contributed by atoms with Crippen molar-refractivity contribution in [1.82, 2.24) is 9.97 Å². The molecule has 0 fully saturated rings. The highest BCUT2D eigenvalue weighted by Gasteiger charge is 2.26. The van der Waals surface area contributed by atoms with E-state index in [0.717, 1.165) is 0 Å². The second-order valence-corrected chi connectivity index (χ2v) is 5.25. The number of anilines is 3. The number of esters is 1. The summed E-state index contributed by atoms with van der Waals surface area (Å²) in [5.41, 5.74) is 0.623. The van der Waals surface area contributed by atoms with E-state index >= 15 is 0 Å². The Labute approximate surface area is 151 Å². The Morgan fingerprint density at radius 2 is 2.00 bits per heavy atom. The first-order chi connectivity index (χ1) is 12.5. The van der Waals surface area contributed by atoms with Gasteiger partial charge in [-0.25, -0.2) is 14.8 Å². The molecular formula is C17H21N5O4. The van der Waals surface area contributed by atoms with Gasteiger partial charge in [0.05, 0.1) is 17.1 Å². The van der Waals surface area contributed by atoms with Gasteiger partial charge in [0.15, 0.2) is 0 Å². The lowest BCUT2D eigenvalue weighted by molar-refractivity contribution is -0.383. The lowest BCUT2D eigenvalue weighted by Gasteiger charge is -2.20. The molecule has 2 aromatic rings. The van der Waals surface area contributed by atoms with Crippen LogP contribution in [-0.4, -0.2) is 40.6 Å². The molecule has 1 aromatic carbocycles.